The first-order valence-corrected chi connectivity index (χ1v) is 6.50. The van der Waals surface area contributed by atoms with E-state index in [9.17, 15) is 13.0 Å². The molecule has 1 atom stereocenters. The third-order valence-electron chi connectivity index (χ3n) is 2.41. The topological polar surface area (TPSA) is 67.3 Å². The average molecular weight is 249 g/mol. The van der Waals surface area contributed by atoms with Gasteiger partial charge < -0.3 is 0 Å². The molecule has 0 spiro atoms. The molecular weight excluding hydrogens is 238 g/mol. The van der Waals surface area contributed by atoms with E-state index in [-0.39, 0.29) is 0 Å². The summed E-state index contributed by atoms with van der Waals surface area (Å²) in [5.74, 6) is 0. The number of hydrogen-bond acceptors (Lipinski definition) is 3. The second-order valence-electron chi connectivity index (χ2n) is 3.59. The number of hydrogen-bond donors (Lipinski definition) is 1. The maximum absolute atomic E-state index is 11.5. The van der Waals surface area contributed by atoms with Gasteiger partial charge in [0.15, 0.2) is 0 Å². The molecule has 0 aliphatic rings. The van der Waals surface area contributed by atoms with Crippen LogP contribution < -0.4 is 0 Å². The molecule has 1 heterocycles. The van der Waals surface area contributed by atoms with Crippen molar-refractivity contribution in [3.8, 4) is 0 Å². The molecule has 17 heavy (non-hydrogen) atoms. The number of pyridine rings is 1. The predicted octanol–water partition coefficient (Wildman–Crippen LogP) is 2.06. The van der Waals surface area contributed by atoms with Crippen LogP contribution in [0.4, 0.5) is 0 Å². The van der Waals surface area contributed by atoms with Crippen molar-refractivity contribution in [2.24, 2.45) is 0 Å². The summed E-state index contributed by atoms with van der Waals surface area (Å²) in [5.41, 5.74) is 1.02. The molecule has 2 rings (SSSR count). The fourth-order valence-electron chi connectivity index (χ4n) is 1.70. The standard InChI is InChI=1S/C12H11NO3S/c14-17(15,16)12(10-4-2-1-3-5-10)11-6-8-13-9-7-11/h1-9,12H,(H,14,15,16). The van der Waals surface area contributed by atoms with Crippen molar-refractivity contribution >= 4 is 10.1 Å². The van der Waals surface area contributed by atoms with E-state index < -0.39 is 15.4 Å². The fraction of sp³-hybridized carbons (Fsp3) is 0.0833. The molecule has 2 aromatic rings. The van der Waals surface area contributed by atoms with Gasteiger partial charge in [0, 0.05) is 12.4 Å². The molecule has 0 radical (unpaired) electrons. The second-order valence-corrected chi connectivity index (χ2v) is 5.09. The zero-order valence-corrected chi connectivity index (χ0v) is 9.71. The Hall–Kier alpha value is -1.72. The van der Waals surface area contributed by atoms with E-state index in [1.807, 2.05) is 0 Å². The third kappa shape index (κ3) is 2.69. The summed E-state index contributed by atoms with van der Waals surface area (Å²) < 4.78 is 32.3. The van der Waals surface area contributed by atoms with Gasteiger partial charge in [0.2, 0.25) is 0 Å². The highest BCUT2D eigenvalue weighted by molar-refractivity contribution is 7.86. The molecule has 0 saturated heterocycles. The molecule has 0 saturated carbocycles. The van der Waals surface area contributed by atoms with Crippen LogP contribution in [0, 0.1) is 0 Å². The van der Waals surface area contributed by atoms with Crippen LogP contribution in [-0.2, 0) is 10.1 Å². The minimum Gasteiger partial charge on any atom is -0.285 e. The highest BCUT2D eigenvalue weighted by Gasteiger charge is 2.26. The lowest BCUT2D eigenvalue weighted by Crippen LogP contribution is -2.13. The number of rotatable bonds is 3. The molecule has 1 aromatic heterocycles. The van der Waals surface area contributed by atoms with Crippen molar-refractivity contribution in [1.82, 2.24) is 4.98 Å². The van der Waals surface area contributed by atoms with Gasteiger partial charge in [0.05, 0.1) is 0 Å². The predicted molar refractivity (Wildman–Crippen MR) is 64.1 cm³/mol. The zero-order valence-electron chi connectivity index (χ0n) is 8.89. The summed E-state index contributed by atoms with van der Waals surface area (Å²) in [4.78, 5) is 3.83. The molecule has 1 aromatic carbocycles. The van der Waals surface area contributed by atoms with Crippen molar-refractivity contribution < 1.29 is 13.0 Å². The lowest BCUT2D eigenvalue weighted by molar-refractivity contribution is 0.475. The normalized spacial score (nSPS) is 13.2. The van der Waals surface area contributed by atoms with E-state index in [2.05, 4.69) is 4.98 Å². The summed E-state index contributed by atoms with van der Waals surface area (Å²) in [6.07, 6.45) is 2.99. The highest BCUT2D eigenvalue weighted by atomic mass is 32.2. The van der Waals surface area contributed by atoms with Crippen molar-refractivity contribution in [1.29, 1.82) is 0 Å². The van der Waals surface area contributed by atoms with Crippen molar-refractivity contribution in [2.45, 2.75) is 5.25 Å². The van der Waals surface area contributed by atoms with Crippen LogP contribution in [0.1, 0.15) is 16.4 Å². The Morgan fingerprint density at radius 3 is 2.00 bits per heavy atom. The van der Waals surface area contributed by atoms with Crippen LogP contribution in [0.15, 0.2) is 54.9 Å². The molecule has 4 nitrogen and oxygen atoms in total. The van der Waals surface area contributed by atoms with Gasteiger partial charge in [-0.1, -0.05) is 30.3 Å². The van der Waals surface area contributed by atoms with Gasteiger partial charge >= 0.3 is 0 Å². The molecule has 0 bridgehead atoms. The molecule has 0 amide bonds. The van der Waals surface area contributed by atoms with E-state index in [0.29, 0.717) is 11.1 Å². The van der Waals surface area contributed by atoms with E-state index in [1.54, 1.807) is 42.5 Å². The van der Waals surface area contributed by atoms with Crippen molar-refractivity contribution in [3.63, 3.8) is 0 Å². The van der Waals surface area contributed by atoms with Crippen LogP contribution in [0.5, 0.6) is 0 Å². The molecule has 1 unspecified atom stereocenters. The minimum atomic E-state index is -4.20. The van der Waals surface area contributed by atoms with Gasteiger partial charge in [-0.3, -0.25) is 9.54 Å². The lowest BCUT2D eigenvalue weighted by atomic mass is 10.1. The Morgan fingerprint density at radius 2 is 1.47 bits per heavy atom. The van der Waals surface area contributed by atoms with Crippen LogP contribution in [0.3, 0.4) is 0 Å². The second kappa shape index (κ2) is 4.65. The smallest absolute Gasteiger partial charge is 0.276 e. The number of benzene rings is 1. The molecule has 5 heteroatoms. The van der Waals surface area contributed by atoms with Crippen LogP contribution in [0.2, 0.25) is 0 Å². The van der Waals surface area contributed by atoms with E-state index in [0.717, 1.165) is 0 Å². The lowest BCUT2D eigenvalue weighted by Gasteiger charge is -2.14. The molecule has 1 N–H and O–H groups in total. The van der Waals surface area contributed by atoms with Crippen LogP contribution >= 0.6 is 0 Å². The van der Waals surface area contributed by atoms with Crippen LogP contribution in [-0.4, -0.2) is 18.0 Å². The molecule has 0 aliphatic heterocycles. The van der Waals surface area contributed by atoms with Gasteiger partial charge in [-0.05, 0) is 23.3 Å². The summed E-state index contributed by atoms with van der Waals surface area (Å²) in [6, 6.07) is 11.7. The van der Waals surface area contributed by atoms with Crippen LogP contribution in [0.25, 0.3) is 0 Å². The van der Waals surface area contributed by atoms with E-state index in [4.69, 9.17) is 0 Å². The Morgan fingerprint density at radius 1 is 0.941 bits per heavy atom. The molecule has 0 fully saturated rings. The Kier molecular flexibility index (Phi) is 3.21. The SMILES string of the molecule is O=S(=O)(O)C(c1ccccc1)c1ccncc1. The summed E-state index contributed by atoms with van der Waals surface area (Å²) in [7, 11) is -4.20. The first-order chi connectivity index (χ1) is 8.09. The Balaban J connectivity index is 2.56. The van der Waals surface area contributed by atoms with Gasteiger partial charge in [-0.25, -0.2) is 0 Å². The van der Waals surface area contributed by atoms with Gasteiger partial charge in [0.1, 0.15) is 5.25 Å². The van der Waals surface area contributed by atoms with E-state index in [1.165, 1.54) is 12.4 Å². The maximum atomic E-state index is 11.5. The first kappa shape index (κ1) is 11.8. The first-order valence-electron chi connectivity index (χ1n) is 5.00. The van der Waals surface area contributed by atoms with Crippen molar-refractivity contribution in [3.05, 3.63) is 66.0 Å². The van der Waals surface area contributed by atoms with Gasteiger partial charge in [-0.15, -0.1) is 0 Å². The monoisotopic (exact) mass is 249 g/mol. The summed E-state index contributed by atoms with van der Waals surface area (Å²) in [6.45, 7) is 0. The average Bonchev–Trinajstić information content (AvgIpc) is 2.30. The number of aromatic nitrogens is 1. The fourth-order valence-corrected chi connectivity index (χ4v) is 2.70. The van der Waals surface area contributed by atoms with Crippen molar-refractivity contribution in [2.75, 3.05) is 0 Å². The van der Waals surface area contributed by atoms with E-state index >= 15 is 0 Å². The van der Waals surface area contributed by atoms with Gasteiger partial charge in [0.25, 0.3) is 10.1 Å². The summed E-state index contributed by atoms with van der Waals surface area (Å²) in [5, 5.41) is -1.06. The molecule has 88 valence electrons. The largest absolute Gasteiger partial charge is 0.285 e. The third-order valence-corrected chi connectivity index (χ3v) is 3.55. The Bertz CT molecular complexity index is 542. The molecule has 0 aliphatic carbocycles. The highest BCUT2D eigenvalue weighted by Crippen LogP contribution is 2.28. The quantitative estimate of drug-likeness (QED) is 0.845. The van der Waals surface area contributed by atoms with Gasteiger partial charge in [-0.2, -0.15) is 8.42 Å². The maximum Gasteiger partial charge on any atom is 0.276 e. The number of nitrogens with zero attached hydrogens (tertiary/aromatic N) is 1. The Labute approximate surface area is 99.7 Å². The minimum absolute atomic E-state index is 0.494. The summed E-state index contributed by atoms with van der Waals surface area (Å²) >= 11 is 0. The molecular formula is C12H11NO3S. The zero-order chi connectivity index (χ0) is 12.3.